The van der Waals surface area contributed by atoms with Gasteiger partial charge in [-0.15, -0.1) is 0 Å². The summed E-state index contributed by atoms with van der Waals surface area (Å²) in [6.07, 6.45) is 2.23. The van der Waals surface area contributed by atoms with Crippen LogP contribution in [0.2, 0.25) is 0 Å². The van der Waals surface area contributed by atoms with Crippen molar-refractivity contribution >= 4 is 17.6 Å². The molecule has 0 aliphatic heterocycles. The topological polar surface area (TPSA) is 90.2 Å². The van der Waals surface area contributed by atoms with E-state index in [1.54, 1.807) is 12.1 Å². The molecule has 2 N–H and O–H groups in total. The average molecular weight is 286 g/mol. The Hall–Kier alpha value is -2.35. The van der Waals surface area contributed by atoms with Gasteiger partial charge in [-0.25, -0.2) is 0 Å². The third-order valence-electron chi connectivity index (χ3n) is 4.09. The standard InChI is InChI=1S/C16H18N2O3/c1-10-3-2-4-14(13(10)9-17)18-15(19)11-5-7-12(8-6-11)16(20)21/h2-4,11-12H,5-8H2,1H3,(H,18,19)(H,20,21). The van der Waals surface area contributed by atoms with Gasteiger partial charge in [0, 0.05) is 5.92 Å². The van der Waals surface area contributed by atoms with Crippen LogP contribution in [0.5, 0.6) is 0 Å². The first-order valence-corrected chi connectivity index (χ1v) is 7.06. The van der Waals surface area contributed by atoms with Crippen LogP contribution in [0.1, 0.15) is 36.8 Å². The third kappa shape index (κ3) is 3.40. The van der Waals surface area contributed by atoms with Crippen LogP contribution in [0.15, 0.2) is 18.2 Å². The van der Waals surface area contributed by atoms with Crippen LogP contribution in [0.4, 0.5) is 5.69 Å². The molecule has 0 unspecified atom stereocenters. The zero-order valence-corrected chi connectivity index (χ0v) is 11.9. The van der Waals surface area contributed by atoms with Gasteiger partial charge in [-0.05, 0) is 44.2 Å². The van der Waals surface area contributed by atoms with E-state index in [4.69, 9.17) is 10.4 Å². The number of aryl methyl sites for hydroxylation is 1. The first-order valence-electron chi connectivity index (χ1n) is 7.06. The summed E-state index contributed by atoms with van der Waals surface area (Å²) in [6, 6.07) is 7.44. The van der Waals surface area contributed by atoms with E-state index < -0.39 is 5.97 Å². The molecule has 0 bridgehead atoms. The number of aliphatic carboxylic acids is 1. The molecule has 0 spiro atoms. The minimum atomic E-state index is -0.778. The van der Waals surface area contributed by atoms with Crippen LogP contribution in [0, 0.1) is 30.1 Å². The quantitative estimate of drug-likeness (QED) is 0.893. The van der Waals surface area contributed by atoms with Crippen LogP contribution < -0.4 is 5.32 Å². The molecule has 1 saturated carbocycles. The number of carboxylic acids is 1. The number of nitrogens with zero attached hydrogens (tertiary/aromatic N) is 1. The number of hydrogen-bond donors (Lipinski definition) is 2. The van der Waals surface area contributed by atoms with Crippen molar-refractivity contribution < 1.29 is 14.7 Å². The van der Waals surface area contributed by atoms with Gasteiger partial charge in [0.15, 0.2) is 0 Å². The Labute approximate surface area is 123 Å². The number of rotatable bonds is 3. The first-order chi connectivity index (χ1) is 10.0. The molecule has 110 valence electrons. The fourth-order valence-corrected chi connectivity index (χ4v) is 2.76. The molecule has 0 atom stereocenters. The molecule has 1 aromatic rings. The number of carboxylic acid groups (broad SMARTS) is 1. The van der Waals surface area contributed by atoms with Gasteiger partial charge in [0.25, 0.3) is 0 Å². The minimum absolute atomic E-state index is 0.124. The molecule has 5 nitrogen and oxygen atoms in total. The van der Waals surface area contributed by atoms with Gasteiger partial charge in [0.05, 0.1) is 17.2 Å². The lowest BCUT2D eigenvalue weighted by atomic mass is 9.81. The zero-order chi connectivity index (χ0) is 15.4. The Morgan fingerprint density at radius 3 is 2.43 bits per heavy atom. The summed E-state index contributed by atoms with van der Waals surface area (Å²) in [5.41, 5.74) is 1.83. The van der Waals surface area contributed by atoms with Crippen molar-refractivity contribution in [2.45, 2.75) is 32.6 Å². The van der Waals surface area contributed by atoms with Gasteiger partial charge in [-0.3, -0.25) is 9.59 Å². The van der Waals surface area contributed by atoms with Crippen molar-refractivity contribution in [1.29, 1.82) is 5.26 Å². The van der Waals surface area contributed by atoms with Gasteiger partial charge in [0.2, 0.25) is 5.91 Å². The molecule has 0 radical (unpaired) electrons. The number of amides is 1. The van der Waals surface area contributed by atoms with Gasteiger partial charge in [-0.1, -0.05) is 12.1 Å². The predicted molar refractivity (Wildman–Crippen MR) is 77.6 cm³/mol. The zero-order valence-electron chi connectivity index (χ0n) is 11.9. The van der Waals surface area contributed by atoms with E-state index in [0.717, 1.165) is 5.56 Å². The fraction of sp³-hybridized carbons (Fsp3) is 0.438. The van der Waals surface area contributed by atoms with E-state index in [2.05, 4.69) is 11.4 Å². The van der Waals surface area contributed by atoms with Crippen molar-refractivity contribution in [1.82, 2.24) is 0 Å². The van der Waals surface area contributed by atoms with E-state index in [9.17, 15) is 9.59 Å². The van der Waals surface area contributed by atoms with E-state index in [0.29, 0.717) is 36.9 Å². The third-order valence-corrected chi connectivity index (χ3v) is 4.09. The molecular formula is C16H18N2O3. The Morgan fingerprint density at radius 2 is 1.86 bits per heavy atom. The molecule has 0 heterocycles. The van der Waals surface area contributed by atoms with Gasteiger partial charge >= 0.3 is 5.97 Å². The molecule has 1 amide bonds. The Kier molecular flexibility index (Phi) is 4.59. The Balaban J connectivity index is 2.02. The highest BCUT2D eigenvalue weighted by atomic mass is 16.4. The number of carbonyl (C=O) groups excluding carboxylic acids is 1. The predicted octanol–water partition coefficient (Wildman–Crippen LogP) is 2.70. The van der Waals surface area contributed by atoms with Crippen LogP contribution in [-0.2, 0) is 9.59 Å². The van der Waals surface area contributed by atoms with Crippen LogP contribution in [0.3, 0.4) is 0 Å². The number of benzene rings is 1. The number of hydrogen-bond acceptors (Lipinski definition) is 3. The lowest BCUT2D eigenvalue weighted by Crippen LogP contribution is -2.29. The SMILES string of the molecule is Cc1cccc(NC(=O)C2CCC(C(=O)O)CC2)c1C#N. The van der Waals surface area contributed by atoms with Crippen molar-refractivity contribution in [2.75, 3.05) is 5.32 Å². The number of nitrogens with one attached hydrogen (secondary N) is 1. The highest BCUT2D eigenvalue weighted by Crippen LogP contribution is 2.30. The van der Waals surface area contributed by atoms with Gasteiger partial charge in [-0.2, -0.15) is 5.26 Å². The molecule has 1 aliphatic rings. The van der Waals surface area contributed by atoms with E-state index >= 15 is 0 Å². The smallest absolute Gasteiger partial charge is 0.306 e. The summed E-state index contributed by atoms with van der Waals surface area (Å²) < 4.78 is 0. The largest absolute Gasteiger partial charge is 0.481 e. The van der Waals surface area contributed by atoms with Crippen molar-refractivity contribution in [3.05, 3.63) is 29.3 Å². The lowest BCUT2D eigenvalue weighted by Gasteiger charge is -2.25. The molecule has 1 aromatic carbocycles. The molecule has 0 aromatic heterocycles. The summed E-state index contributed by atoms with van der Waals surface area (Å²) >= 11 is 0. The van der Waals surface area contributed by atoms with E-state index in [-0.39, 0.29) is 17.7 Å². The van der Waals surface area contributed by atoms with Crippen molar-refractivity contribution in [3.8, 4) is 6.07 Å². The van der Waals surface area contributed by atoms with E-state index in [1.807, 2.05) is 13.0 Å². The van der Waals surface area contributed by atoms with Crippen LogP contribution in [0.25, 0.3) is 0 Å². The highest BCUT2D eigenvalue weighted by molar-refractivity contribution is 5.94. The van der Waals surface area contributed by atoms with Gasteiger partial charge < -0.3 is 10.4 Å². The summed E-state index contributed by atoms with van der Waals surface area (Å²) in [6.45, 7) is 1.83. The second-order valence-electron chi connectivity index (χ2n) is 5.49. The summed E-state index contributed by atoms with van der Waals surface area (Å²) in [7, 11) is 0. The maximum absolute atomic E-state index is 12.3. The summed E-state index contributed by atoms with van der Waals surface area (Å²) in [4.78, 5) is 23.2. The molecule has 1 aliphatic carbocycles. The normalized spacial score (nSPS) is 21.3. The highest BCUT2D eigenvalue weighted by Gasteiger charge is 2.29. The first kappa shape index (κ1) is 15.0. The molecule has 5 heteroatoms. The Bertz CT molecular complexity index is 596. The summed E-state index contributed by atoms with van der Waals surface area (Å²) in [5.74, 6) is -1.41. The average Bonchev–Trinajstić information content (AvgIpc) is 2.47. The second-order valence-corrected chi connectivity index (χ2v) is 5.49. The van der Waals surface area contributed by atoms with Crippen molar-refractivity contribution in [3.63, 3.8) is 0 Å². The lowest BCUT2D eigenvalue weighted by molar-refractivity contribution is -0.143. The summed E-state index contributed by atoms with van der Waals surface area (Å²) in [5, 5.41) is 20.9. The molecule has 2 rings (SSSR count). The van der Waals surface area contributed by atoms with Crippen molar-refractivity contribution in [2.24, 2.45) is 11.8 Å². The molecule has 0 saturated heterocycles. The maximum atomic E-state index is 12.3. The minimum Gasteiger partial charge on any atom is -0.481 e. The van der Waals surface area contributed by atoms with Crippen LogP contribution in [-0.4, -0.2) is 17.0 Å². The number of nitriles is 1. The molecular weight excluding hydrogens is 268 g/mol. The maximum Gasteiger partial charge on any atom is 0.306 e. The Morgan fingerprint density at radius 1 is 1.24 bits per heavy atom. The molecule has 21 heavy (non-hydrogen) atoms. The van der Waals surface area contributed by atoms with Gasteiger partial charge in [0.1, 0.15) is 6.07 Å². The second kappa shape index (κ2) is 6.40. The fourth-order valence-electron chi connectivity index (χ4n) is 2.76. The molecule has 1 fully saturated rings. The number of carbonyl (C=O) groups is 2. The van der Waals surface area contributed by atoms with E-state index in [1.165, 1.54) is 0 Å². The van der Waals surface area contributed by atoms with Crippen LogP contribution >= 0.6 is 0 Å². The monoisotopic (exact) mass is 286 g/mol. The number of anilines is 1.